The SMILES string of the molecule is CC.CON(C)C(=O)CC1CC/C=C/CCOC(=O)c2c(O)cc(O)cc2C1.c1ccccc1. The molecule has 1 unspecified atom stereocenters. The first-order valence-corrected chi connectivity index (χ1v) is 11.6. The van der Waals surface area contributed by atoms with Gasteiger partial charge in [-0.25, -0.2) is 9.86 Å². The van der Waals surface area contributed by atoms with Crippen molar-refractivity contribution in [2.45, 2.75) is 46.0 Å². The first kappa shape index (κ1) is 28.7. The lowest BCUT2D eigenvalue weighted by Gasteiger charge is -2.21. The number of nitrogens with zero attached hydrogens (tertiary/aromatic N) is 1. The van der Waals surface area contributed by atoms with Gasteiger partial charge in [-0.3, -0.25) is 9.63 Å². The third-order valence-electron chi connectivity index (χ3n) is 5.08. The molecule has 1 aliphatic rings. The summed E-state index contributed by atoms with van der Waals surface area (Å²) in [6, 6.07) is 14.6. The Morgan fingerprint density at radius 1 is 1.06 bits per heavy atom. The number of amides is 1. The number of allylic oxidation sites excluding steroid dienone is 1. The highest BCUT2D eigenvalue weighted by Gasteiger charge is 2.24. The number of aromatic hydroxyl groups is 2. The molecule has 1 heterocycles. The van der Waals surface area contributed by atoms with Crippen LogP contribution in [-0.2, 0) is 20.8 Å². The number of carbonyl (C=O) groups is 2. The number of ether oxygens (including phenoxy) is 1. The minimum Gasteiger partial charge on any atom is -0.508 e. The molecule has 7 heteroatoms. The van der Waals surface area contributed by atoms with Gasteiger partial charge in [-0.1, -0.05) is 62.4 Å². The van der Waals surface area contributed by atoms with Crippen LogP contribution in [0.5, 0.6) is 11.5 Å². The summed E-state index contributed by atoms with van der Waals surface area (Å²) in [5, 5.41) is 21.1. The predicted octanol–water partition coefficient (Wildman–Crippen LogP) is 5.28. The first-order chi connectivity index (χ1) is 16.4. The van der Waals surface area contributed by atoms with Gasteiger partial charge in [0.25, 0.3) is 0 Å². The molecule has 7 nitrogen and oxygen atoms in total. The van der Waals surface area contributed by atoms with Crippen molar-refractivity contribution in [2.75, 3.05) is 20.8 Å². The van der Waals surface area contributed by atoms with Crippen LogP contribution in [0.4, 0.5) is 0 Å². The third kappa shape index (κ3) is 10.1. The van der Waals surface area contributed by atoms with E-state index in [1.54, 1.807) is 7.05 Å². The molecular weight excluding hydrogens is 434 g/mol. The quantitative estimate of drug-likeness (QED) is 0.359. The van der Waals surface area contributed by atoms with Crippen LogP contribution in [0.2, 0.25) is 0 Å². The van der Waals surface area contributed by atoms with Crippen LogP contribution in [0.1, 0.15) is 55.5 Å². The Labute approximate surface area is 202 Å². The summed E-state index contributed by atoms with van der Waals surface area (Å²) >= 11 is 0. The van der Waals surface area contributed by atoms with E-state index in [9.17, 15) is 19.8 Å². The van der Waals surface area contributed by atoms with Gasteiger partial charge in [-0.15, -0.1) is 0 Å². The molecule has 2 aromatic carbocycles. The molecule has 1 atom stereocenters. The van der Waals surface area contributed by atoms with Gasteiger partial charge in [0.05, 0.1) is 13.7 Å². The van der Waals surface area contributed by atoms with Gasteiger partial charge < -0.3 is 14.9 Å². The van der Waals surface area contributed by atoms with E-state index in [-0.39, 0.29) is 41.9 Å². The molecule has 186 valence electrons. The van der Waals surface area contributed by atoms with Gasteiger partial charge in [0.1, 0.15) is 17.1 Å². The van der Waals surface area contributed by atoms with E-state index in [4.69, 9.17) is 9.57 Å². The molecule has 1 amide bonds. The fourth-order valence-electron chi connectivity index (χ4n) is 3.37. The monoisotopic (exact) mass is 471 g/mol. The molecule has 3 rings (SSSR count). The van der Waals surface area contributed by atoms with Crippen molar-refractivity contribution in [2.24, 2.45) is 5.92 Å². The summed E-state index contributed by atoms with van der Waals surface area (Å²) in [7, 11) is 2.96. The van der Waals surface area contributed by atoms with E-state index in [1.807, 2.05) is 62.4 Å². The van der Waals surface area contributed by atoms with Crippen molar-refractivity contribution in [3.8, 4) is 11.5 Å². The lowest BCUT2D eigenvalue weighted by atomic mass is 9.88. The zero-order valence-electron chi connectivity index (χ0n) is 20.6. The normalized spacial score (nSPS) is 16.5. The number of rotatable bonds is 3. The van der Waals surface area contributed by atoms with Gasteiger partial charge in [0.15, 0.2) is 0 Å². The summed E-state index contributed by atoms with van der Waals surface area (Å²) in [4.78, 5) is 29.5. The van der Waals surface area contributed by atoms with Gasteiger partial charge in [0, 0.05) is 19.5 Å². The largest absolute Gasteiger partial charge is 0.508 e. The molecule has 0 saturated heterocycles. The average Bonchev–Trinajstić information content (AvgIpc) is 2.84. The number of phenolic OH excluding ortho intramolecular Hbond substituents is 2. The van der Waals surface area contributed by atoms with E-state index in [0.29, 0.717) is 18.4 Å². The highest BCUT2D eigenvalue weighted by atomic mass is 16.7. The lowest BCUT2D eigenvalue weighted by molar-refractivity contribution is -0.169. The molecule has 0 aromatic heterocycles. The summed E-state index contributed by atoms with van der Waals surface area (Å²) in [5.41, 5.74) is 0.514. The van der Waals surface area contributed by atoms with Crippen LogP contribution < -0.4 is 0 Å². The third-order valence-corrected chi connectivity index (χ3v) is 5.08. The van der Waals surface area contributed by atoms with E-state index in [2.05, 4.69) is 0 Å². The lowest BCUT2D eigenvalue weighted by Crippen LogP contribution is -2.28. The standard InChI is InChI=1S/C19H25NO6.C6H6.C2H6/c1-20(25-2)17(23)10-13-7-5-3-4-6-8-26-19(24)18-14(9-13)11-15(21)12-16(18)22;1-2-4-6-5-3-1;1-2/h3-4,11-13,21-22H,5-10H2,1-2H3;1-6H;1-2H3/b4-3+;;. The van der Waals surface area contributed by atoms with Crippen LogP contribution in [0.15, 0.2) is 60.7 Å². The maximum Gasteiger partial charge on any atom is 0.342 e. The zero-order valence-corrected chi connectivity index (χ0v) is 20.6. The molecule has 0 aliphatic carbocycles. The number of carbonyl (C=O) groups excluding carboxylic acids is 2. The molecular formula is C27H37NO6. The van der Waals surface area contributed by atoms with Gasteiger partial charge in [0.2, 0.25) is 5.91 Å². The smallest absolute Gasteiger partial charge is 0.342 e. The number of benzene rings is 2. The van der Waals surface area contributed by atoms with E-state index in [0.717, 1.165) is 18.9 Å². The molecule has 0 bridgehead atoms. The summed E-state index contributed by atoms with van der Waals surface area (Å²) in [5.74, 6) is -1.36. The molecule has 0 fully saturated rings. The van der Waals surface area contributed by atoms with Crippen molar-refractivity contribution < 1.29 is 29.4 Å². The van der Waals surface area contributed by atoms with Crippen LogP contribution in [-0.4, -0.2) is 47.9 Å². The summed E-state index contributed by atoms with van der Waals surface area (Å²) < 4.78 is 5.21. The second-order valence-corrected chi connectivity index (χ2v) is 7.48. The van der Waals surface area contributed by atoms with Crippen LogP contribution >= 0.6 is 0 Å². The second-order valence-electron chi connectivity index (χ2n) is 7.48. The molecule has 0 spiro atoms. The summed E-state index contributed by atoms with van der Waals surface area (Å²) in [6.07, 6.45) is 6.61. The minimum atomic E-state index is -0.634. The topological polar surface area (TPSA) is 96.3 Å². The number of cyclic esters (lactones) is 1. The molecule has 0 saturated carbocycles. The van der Waals surface area contributed by atoms with Gasteiger partial charge in [-0.2, -0.15) is 0 Å². The Kier molecular flexibility index (Phi) is 13.8. The number of hydroxylamine groups is 2. The maximum absolute atomic E-state index is 12.4. The van der Waals surface area contributed by atoms with Crippen molar-refractivity contribution >= 4 is 11.9 Å². The molecule has 2 N–H and O–H groups in total. The maximum atomic E-state index is 12.4. The number of esters is 1. The van der Waals surface area contributed by atoms with Crippen LogP contribution in [0.25, 0.3) is 0 Å². The van der Waals surface area contributed by atoms with Crippen molar-refractivity contribution in [1.82, 2.24) is 5.06 Å². The Morgan fingerprint density at radius 2 is 1.65 bits per heavy atom. The highest BCUT2D eigenvalue weighted by molar-refractivity contribution is 5.94. The van der Waals surface area contributed by atoms with Gasteiger partial charge >= 0.3 is 5.97 Å². The summed E-state index contributed by atoms with van der Waals surface area (Å²) in [6.45, 7) is 4.22. The number of fused-ring (bicyclic) bond motifs is 1. The molecule has 34 heavy (non-hydrogen) atoms. The van der Waals surface area contributed by atoms with Crippen molar-refractivity contribution in [3.05, 3.63) is 71.8 Å². The van der Waals surface area contributed by atoms with E-state index in [1.165, 1.54) is 18.2 Å². The van der Waals surface area contributed by atoms with Gasteiger partial charge in [-0.05, 0) is 43.2 Å². The van der Waals surface area contributed by atoms with Crippen molar-refractivity contribution in [1.29, 1.82) is 0 Å². The Bertz CT molecular complexity index is 871. The number of hydrogen-bond donors (Lipinski definition) is 2. The number of hydrogen-bond acceptors (Lipinski definition) is 6. The Balaban J connectivity index is 0.000000615. The second kappa shape index (κ2) is 16.3. The predicted molar refractivity (Wildman–Crippen MR) is 132 cm³/mol. The fraction of sp³-hybridized carbons (Fsp3) is 0.407. The van der Waals surface area contributed by atoms with E-state index < -0.39 is 5.97 Å². The number of phenols is 2. The molecule has 2 aromatic rings. The molecule has 1 aliphatic heterocycles. The van der Waals surface area contributed by atoms with Crippen LogP contribution in [0.3, 0.4) is 0 Å². The highest BCUT2D eigenvalue weighted by Crippen LogP contribution is 2.31. The van der Waals surface area contributed by atoms with E-state index >= 15 is 0 Å². The Morgan fingerprint density at radius 3 is 2.24 bits per heavy atom. The zero-order chi connectivity index (χ0) is 25.3. The average molecular weight is 472 g/mol. The Hall–Kier alpha value is -3.32. The molecule has 0 radical (unpaired) electrons. The van der Waals surface area contributed by atoms with Crippen molar-refractivity contribution in [3.63, 3.8) is 0 Å². The van der Waals surface area contributed by atoms with Crippen LogP contribution in [0, 0.1) is 5.92 Å². The minimum absolute atomic E-state index is 0.0462. The first-order valence-electron chi connectivity index (χ1n) is 11.6. The fourth-order valence-corrected chi connectivity index (χ4v) is 3.37.